The van der Waals surface area contributed by atoms with Crippen molar-refractivity contribution in [2.75, 3.05) is 13.7 Å². The summed E-state index contributed by atoms with van der Waals surface area (Å²) in [5.74, 6) is 0.701. The molecule has 0 aliphatic heterocycles. The number of likely N-dealkylation sites (N-methyl/N-ethyl adjacent to an activating group) is 1. The first-order chi connectivity index (χ1) is 10.3. The molecule has 0 spiro atoms. The molecule has 1 heterocycles. The predicted octanol–water partition coefficient (Wildman–Crippen LogP) is 1.97. The molecule has 0 amide bonds. The van der Waals surface area contributed by atoms with Crippen LogP contribution in [0.3, 0.4) is 0 Å². The SMILES string of the molecule is CN[C@H](C/C=C/c1cncc(OC(C)C)c1)COP(=O)(O)O. The molecule has 0 unspecified atom stereocenters. The zero-order valence-electron chi connectivity index (χ0n) is 13.0. The van der Waals surface area contributed by atoms with Gasteiger partial charge in [-0.05, 0) is 38.9 Å². The molecule has 7 nitrogen and oxygen atoms in total. The minimum Gasteiger partial charge on any atom is -0.489 e. The Morgan fingerprint density at radius 3 is 2.73 bits per heavy atom. The predicted molar refractivity (Wildman–Crippen MR) is 84.5 cm³/mol. The van der Waals surface area contributed by atoms with Gasteiger partial charge in [0.05, 0.1) is 18.9 Å². The molecule has 124 valence electrons. The molecule has 0 saturated heterocycles. The van der Waals surface area contributed by atoms with Gasteiger partial charge in [-0.3, -0.25) is 9.51 Å². The van der Waals surface area contributed by atoms with Crippen molar-refractivity contribution in [3.63, 3.8) is 0 Å². The fourth-order valence-corrected chi connectivity index (χ4v) is 2.06. The van der Waals surface area contributed by atoms with Gasteiger partial charge >= 0.3 is 7.82 Å². The van der Waals surface area contributed by atoms with Gasteiger partial charge in [0, 0.05) is 12.2 Å². The van der Waals surface area contributed by atoms with E-state index in [4.69, 9.17) is 14.5 Å². The molecular weight excluding hydrogens is 307 g/mol. The van der Waals surface area contributed by atoms with E-state index >= 15 is 0 Å². The highest BCUT2D eigenvalue weighted by atomic mass is 31.2. The number of hydrogen-bond acceptors (Lipinski definition) is 5. The zero-order chi connectivity index (χ0) is 16.6. The van der Waals surface area contributed by atoms with Gasteiger partial charge in [-0.25, -0.2) is 4.57 Å². The van der Waals surface area contributed by atoms with Gasteiger partial charge in [-0.1, -0.05) is 12.2 Å². The monoisotopic (exact) mass is 330 g/mol. The van der Waals surface area contributed by atoms with Crippen LogP contribution in [0.4, 0.5) is 0 Å². The molecule has 8 heteroatoms. The second kappa shape index (κ2) is 9.02. The van der Waals surface area contributed by atoms with Crippen LogP contribution in [0, 0.1) is 0 Å². The van der Waals surface area contributed by atoms with Crippen LogP contribution < -0.4 is 10.1 Å². The van der Waals surface area contributed by atoms with Gasteiger partial charge in [-0.2, -0.15) is 0 Å². The number of nitrogens with one attached hydrogen (secondary N) is 1. The largest absolute Gasteiger partial charge is 0.489 e. The topological polar surface area (TPSA) is 101 Å². The average molecular weight is 330 g/mol. The summed E-state index contributed by atoms with van der Waals surface area (Å²) in [6.07, 6.45) is 7.78. The third kappa shape index (κ3) is 8.26. The van der Waals surface area contributed by atoms with Gasteiger partial charge < -0.3 is 19.8 Å². The van der Waals surface area contributed by atoms with Crippen LogP contribution in [0.5, 0.6) is 5.75 Å². The van der Waals surface area contributed by atoms with Crippen molar-refractivity contribution in [1.29, 1.82) is 0 Å². The van der Waals surface area contributed by atoms with E-state index in [-0.39, 0.29) is 18.8 Å². The number of aromatic nitrogens is 1. The van der Waals surface area contributed by atoms with Gasteiger partial charge in [0.25, 0.3) is 0 Å². The first-order valence-electron chi connectivity index (χ1n) is 6.95. The van der Waals surface area contributed by atoms with Crippen LogP contribution in [0.2, 0.25) is 0 Å². The highest BCUT2D eigenvalue weighted by Crippen LogP contribution is 2.35. The third-order valence-corrected chi connectivity index (χ3v) is 3.17. The molecule has 0 aliphatic carbocycles. The van der Waals surface area contributed by atoms with Crippen molar-refractivity contribution in [3.8, 4) is 5.75 Å². The minimum atomic E-state index is -4.43. The van der Waals surface area contributed by atoms with E-state index in [1.807, 2.05) is 32.1 Å². The van der Waals surface area contributed by atoms with Gasteiger partial charge in [0.2, 0.25) is 0 Å². The van der Waals surface area contributed by atoms with Gasteiger partial charge in [0.15, 0.2) is 0 Å². The number of pyridine rings is 1. The number of hydrogen-bond donors (Lipinski definition) is 3. The van der Waals surface area contributed by atoms with E-state index < -0.39 is 7.82 Å². The smallest absolute Gasteiger partial charge is 0.469 e. The van der Waals surface area contributed by atoms with Crippen molar-refractivity contribution >= 4 is 13.9 Å². The number of rotatable bonds is 9. The highest BCUT2D eigenvalue weighted by molar-refractivity contribution is 7.46. The molecule has 0 aliphatic rings. The second-order valence-electron chi connectivity index (χ2n) is 5.03. The van der Waals surface area contributed by atoms with E-state index in [2.05, 4.69) is 14.8 Å². The molecule has 3 N–H and O–H groups in total. The lowest BCUT2D eigenvalue weighted by atomic mass is 10.2. The van der Waals surface area contributed by atoms with Crippen LogP contribution in [-0.2, 0) is 9.09 Å². The van der Waals surface area contributed by atoms with Crippen molar-refractivity contribution in [3.05, 3.63) is 30.1 Å². The van der Waals surface area contributed by atoms with E-state index in [0.717, 1.165) is 5.56 Å². The maximum absolute atomic E-state index is 10.7. The van der Waals surface area contributed by atoms with Crippen molar-refractivity contribution in [2.45, 2.75) is 32.4 Å². The molecule has 22 heavy (non-hydrogen) atoms. The summed E-state index contributed by atoms with van der Waals surface area (Å²) in [6.45, 7) is 3.82. The van der Waals surface area contributed by atoms with Crippen LogP contribution in [-0.4, -0.2) is 40.6 Å². The third-order valence-electron chi connectivity index (χ3n) is 2.69. The van der Waals surface area contributed by atoms with E-state index in [9.17, 15) is 4.57 Å². The summed E-state index contributed by atoms with van der Waals surface area (Å²) in [4.78, 5) is 21.5. The number of phosphoric ester groups is 1. The Labute approximate surface area is 130 Å². The molecule has 1 rings (SSSR count). The van der Waals surface area contributed by atoms with E-state index in [1.54, 1.807) is 19.4 Å². The molecule has 0 aromatic carbocycles. The molecule has 1 atom stereocenters. The van der Waals surface area contributed by atoms with Crippen LogP contribution in [0.25, 0.3) is 6.08 Å². The molecule has 1 aromatic heterocycles. The van der Waals surface area contributed by atoms with Crippen molar-refractivity contribution in [1.82, 2.24) is 10.3 Å². The molecular formula is C14H23N2O5P. The second-order valence-corrected chi connectivity index (χ2v) is 6.27. The van der Waals surface area contributed by atoms with E-state index in [0.29, 0.717) is 12.2 Å². The highest BCUT2D eigenvalue weighted by Gasteiger charge is 2.16. The summed E-state index contributed by atoms with van der Waals surface area (Å²) >= 11 is 0. The summed E-state index contributed by atoms with van der Waals surface area (Å²) < 4.78 is 20.7. The Hall–Kier alpha value is -1.24. The number of phosphoric acid groups is 1. The molecule has 0 bridgehead atoms. The summed E-state index contributed by atoms with van der Waals surface area (Å²) in [6, 6.07) is 1.69. The Morgan fingerprint density at radius 2 is 2.14 bits per heavy atom. The van der Waals surface area contributed by atoms with Crippen molar-refractivity contribution < 1.29 is 23.6 Å². The maximum atomic E-state index is 10.7. The summed E-state index contributed by atoms with van der Waals surface area (Å²) in [5, 5.41) is 2.94. The summed E-state index contributed by atoms with van der Waals surface area (Å²) in [7, 11) is -2.73. The average Bonchev–Trinajstić information content (AvgIpc) is 2.41. The quantitative estimate of drug-likeness (QED) is 0.595. The standard InChI is InChI=1S/C14H23N2O5P/c1-11(2)21-14-7-12(8-16-9-14)5-4-6-13(15-3)10-20-22(17,18)19/h4-5,7-9,11,13,15H,6,10H2,1-3H3,(H2,17,18,19)/b5-4+/t13-/m1/s1. The van der Waals surface area contributed by atoms with Gasteiger partial charge in [0.1, 0.15) is 5.75 Å². The maximum Gasteiger partial charge on any atom is 0.469 e. The molecule has 0 radical (unpaired) electrons. The lowest BCUT2D eigenvalue weighted by Gasteiger charge is -2.14. The Bertz CT molecular complexity index is 530. The Kier molecular flexibility index (Phi) is 7.72. The summed E-state index contributed by atoms with van der Waals surface area (Å²) in [5.41, 5.74) is 0.893. The number of nitrogens with zero attached hydrogens (tertiary/aromatic N) is 1. The molecule has 1 aromatic rings. The lowest BCUT2D eigenvalue weighted by molar-refractivity contribution is 0.179. The molecule has 0 saturated carbocycles. The van der Waals surface area contributed by atoms with Crippen LogP contribution >= 0.6 is 7.82 Å². The molecule has 0 fully saturated rings. The zero-order valence-corrected chi connectivity index (χ0v) is 13.9. The van der Waals surface area contributed by atoms with Crippen LogP contribution in [0.1, 0.15) is 25.8 Å². The Morgan fingerprint density at radius 1 is 1.41 bits per heavy atom. The van der Waals surface area contributed by atoms with Crippen LogP contribution in [0.15, 0.2) is 24.5 Å². The van der Waals surface area contributed by atoms with Crippen molar-refractivity contribution in [2.24, 2.45) is 0 Å². The Balaban J connectivity index is 2.54. The normalized spacial score (nSPS) is 13.7. The first-order valence-corrected chi connectivity index (χ1v) is 8.49. The van der Waals surface area contributed by atoms with E-state index in [1.165, 1.54) is 0 Å². The fourth-order valence-electron chi connectivity index (χ4n) is 1.69. The first kappa shape index (κ1) is 18.8. The lowest BCUT2D eigenvalue weighted by Crippen LogP contribution is -2.29. The fraction of sp³-hybridized carbons (Fsp3) is 0.500. The number of ether oxygens (including phenoxy) is 1. The van der Waals surface area contributed by atoms with Gasteiger partial charge in [-0.15, -0.1) is 0 Å². The minimum absolute atomic E-state index is 0.0696.